The van der Waals surface area contributed by atoms with Crippen molar-refractivity contribution in [1.29, 1.82) is 0 Å². The van der Waals surface area contributed by atoms with Gasteiger partial charge in [0.05, 0.1) is 0 Å². The van der Waals surface area contributed by atoms with Gasteiger partial charge >= 0.3 is 33.6 Å². The van der Waals surface area contributed by atoms with Crippen LogP contribution in [0.3, 0.4) is 0 Å². The minimum atomic E-state index is -2.80. The number of hydrogen-bond donors (Lipinski definition) is 0. The predicted octanol–water partition coefficient (Wildman–Crippen LogP) is 3.69. The van der Waals surface area contributed by atoms with E-state index in [9.17, 15) is 18.9 Å². The molecule has 0 saturated heterocycles. The molecule has 0 saturated carbocycles. The van der Waals surface area contributed by atoms with E-state index < -0.39 is 16.5 Å². The molecule has 2 unspecified atom stereocenters. The molecule has 2 aromatic rings. The second-order valence-electron chi connectivity index (χ2n) is 3.54. The Hall–Kier alpha value is -0.361. The third-order valence-corrected chi connectivity index (χ3v) is 3.76. The van der Waals surface area contributed by atoms with Crippen molar-refractivity contribution in [2.75, 3.05) is 0 Å². The van der Waals surface area contributed by atoms with Crippen molar-refractivity contribution in [3.63, 3.8) is 0 Å². The number of rotatable bonds is 4. The summed E-state index contributed by atoms with van der Waals surface area (Å²) in [6, 6.07) is 13.1. The van der Waals surface area contributed by atoms with Gasteiger partial charge in [0.25, 0.3) is 0 Å². The van der Waals surface area contributed by atoms with E-state index in [0.29, 0.717) is 11.5 Å². The Morgan fingerprint density at radius 3 is 1.17 bits per heavy atom. The van der Waals surface area contributed by atoms with Gasteiger partial charge in [0.2, 0.25) is 0 Å². The van der Waals surface area contributed by atoms with Crippen LogP contribution >= 0.6 is 48.4 Å². The van der Waals surface area contributed by atoms with E-state index in [2.05, 4.69) is 40.9 Å². The maximum absolute atomic E-state index is 10.1. The first-order valence-electron chi connectivity index (χ1n) is 5.52. The van der Waals surface area contributed by atoms with Crippen LogP contribution in [0.2, 0.25) is 0 Å². The summed E-state index contributed by atoms with van der Waals surface area (Å²) in [6.07, 6.45) is 0. The van der Waals surface area contributed by atoms with Crippen LogP contribution < -0.4 is 18.8 Å². The summed E-state index contributed by atoms with van der Waals surface area (Å²) in [5.74, 6) is 0.647. The average Bonchev–Trinajstić information content (AvgIpc) is 2.44. The minimum absolute atomic E-state index is 0. The molecule has 2 atom stereocenters. The molecule has 0 heterocycles. The second-order valence-corrected chi connectivity index (χ2v) is 6.63. The minimum Gasteiger partial charge on any atom is -0.558 e. The van der Waals surface area contributed by atoms with Crippen LogP contribution in [0.15, 0.2) is 57.5 Å². The third-order valence-electron chi connectivity index (χ3n) is 1.99. The molecule has 125 valence electrons. The molecular weight excluding hydrogens is 525 g/mol. The van der Waals surface area contributed by atoms with Crippen molar-refractivity contribution in [3.8, 4) is 11.5 Å². The zero-order valence-electron chi connectivity index (χ0n) is 11.0. The first-order valence-corrected chi connectivity index (χ1v) is 9.30. The zero-order valence-corrected chi connectivity index (χ0v) is 16.9. The van der Waals surface area contributed by atoms with Crippen molar-refractivity contribution >= 4 is 48.4 Å². The van der Waals surface area contributed by atoms with Gasteiger partial charge in [-0.3, -0.25) is 9.05 Å². The van der Waals surface area contributed by atoms with Crippen LogP contribution in [0.1, 0.15) is 0 Å². The topological polar surface area (TPSA) is 98.7 Å². The Morgan fingerprint density at radius 1 is 0.696 bits per heavy atom. The Morgan fingerprint density at radius 2 is 0.957 bits per heavy atom. The molecule has 0 aliphatic rings. The van der Waals surface area contributed by atoms with Crippen molar-refractivity contribution < 1.29 is 45.0 Å². The SMILES string of the molecule is O=[P+]([O-])Oc1ccc(Br)cc1.O=[P+]([O-])Oc1ccc(Br)cc1.[Cu+2]. The third kappa shape index (κ3) is 10.9. The van der Waals surface area contributed by atoms with Crippen LogP contribution in [0.25, 0.3) is 0 Å². The van der Waals surface area contributed by atoms with Crippen molar-refractivity contribution in [2.24, 2.45) is 0 Å². The van der Waals surface area contributed by atoms with E-state index in [1.165, 1.54) is 0 Å². The molecule has 23 heavy (non-hydrogen) atoms. The average molecular weight is 533 g/mol. The molecule has 0 spiro atoms. The molecule has 6 nitrogen and oxygen atoms in total. The normalized spacial score (nSPS) is 10.4. The molecule has 2 rings (SSSR count). The molecule has 11 heteroatoms. The summed E-state index contributed by atoms with van der Waals surface area (Å²) in [5, 5.41) is 0. The maximum Gasteiger partial charge on any atom is 2.00 e. The molecular formula is C12H8Br2CuO6P2+2. The summed E-state index contributed by atoms with van der Waals surface area (Å²) < 4.78 is 30.7. The van der Waals surface area contributed by atoms with Crippen molar-refractivity contribution in [2.45, 2.75) is 0 Å². The number of hydrogen-bond acceptors (Lipinski definition) is 6. The van der Waals surface area contributed by atoms with E-state index in [1.54, 1.807) is 48.5 Å². The zero-order chi connectivity index (χ0) is 16.5. The quantitative estimate of drug-likeness (QED) is 0.439. The van der Waals surface area contributed by atoms with E-state index in [0.717, 1.165) is 8.95 Å². The van der Waals surface area contributed by atoms with Gasteiger partial charge in [0, 0.05) is 8.95 Å². The van der Waals surface area contributed by atoms with E-state index >= 15 is 0 Å². The van der Waals surface area contributed by atoms with E-state index in [4.69, 9.17) is 0 Å². The largest absolute Gasteiger partial charge is 2.00 e. The van der Waals surface area contributed by atoms with Gasteiger partial charge < -0.3 is 9.79 Å². The van der Waals surface area contributed by atoms with E-state index in [-0.39, 0.29) is 17.1 Å². The molecule has 2 aromatic carbocycles. The molecule has 0 aromatic heterocycles. The summed E-state index contributed by atoms with van der Waals surface area (Å²) >= 11 is 6.41. The van der Waals surface area contributed by atoms with Crippen LogP contribution in [-0.2, 0) is 26.2 Å². The summed E-state index contributed by atoms with van der Waals surface area (Å²) in [5.41, 5.74) is 0. The van der Waals surface area contributed by atoms with Gasteiger partial charge in [0.15, 0.2) is 11.5 Å². The van der Waals surface area contributed by atoms with Gasteiger partial charge in [-0.25, -0.2) is 0 Å². The van der Waals surface area contributed by atoms with Crippen molar-refractivity contribution in [3.05, 3.63) is 57.5 Å². The maximum atomic E-state index is 10.1. The standard InChI is InChI=1S/2C6H4BrO3P.Cu/c2*7-5-1-3-6(4-2-5)10-11(8)9;/h2*1-4H;/q;;+2. The molecule has 1 radical (unpaired) electrons. The molecule has 0 amide bonds. The Balaban J connectivity index is 0.000000403. The monoisotopic (exact) mass is 531 g/mol. The first-order chi connectivity index (χ1) is 10.4. The number of benzene rings is 2. The molecule has 0 bridgehead atoms. The van der Waals surface area contributed by atoms with Gasteiger partial charge in [-0.15, -0.1) is 0 Å². The molecule has 0 N–H and O–H groups in total. The van der Waals surface area contributed by atoms with Crippen LogP contribution in [0, 0.1) is 0 Å². The Bertz CT molecular complexity index is 582. The van der Waals surface area contributed by atoms with E-state index in [1.807, 2.05) is 0 Å². The van der Waals surface area contributed by atoms with Gasteiger partial charge in [-0.1, -0.05) is 31.9 Å². The fourth-order valence-corrected chi connectivity index (χ4v) is 2.28. The fourth-order valence-electron chi connectivity index (χ4n) is 1.16. The Labute approximate surface area is 161 Å². The van der Waals surface area contributed by atoms with Crippen LogP contribution in [-0.4, -0.2) is 0 Å². The van der Waals surface area contributed by atoms with Gasteiger partial charge in [-0.2, -0.15) is 0 Å². The molecule has 0 fully saturated rings. The summed E-state index contributed by atoms with van der Waals surface area (Å²) in [6.45, 7) is 0. The first kappa shape index (κ1) is 22.6. The Kier molecular flexibility index (Phi) is 11.9. The summed E-state index contributed by atoms with van der Waals surface area (Å²) in [7, 11) is -5.60. The van der Waals surface area contributed by atoms with Gasteiger partial charge in [0.1, 0.15) is 0 Å². The molecule has 0 aliphatic heterocycles. The van der Waals surface area contributed by atoms with Crippen molar-refractivity contribution in [1.82, 2.24) is 0 Å². The smallest absolute Gasteiger partial charge is 0.558 e. The number of halogens is 2. The van der Waals surface area contributed by atoms with Gasteiger partial charge in [-0.05, 0) is 57.7 Å². The molecule has 0 aliphatic carbocycles. The summed E-state index contributed by atoms with van der Waals surface area (Å²) in [4.78, 5) is 20.1. The van der Waals surface area contributed by atoms with Crippen LogP contribution in [0.4, 0.5) is 0 Å². The predicted molar refractivity (Wildman–Crippen MR) is 84.8 cm³/mol. The van der Waals surface area contributed by atoms with Crippen LogP contribution in [0.5, 0.6) is 11.5 Å². The second kappa shape index (κ2) is 12.1. The fraction of sp³-hybridized carbons (Fsp3) is 0.